The van der Waals surface area contributed by atoms with Gasteiger partial charge in [-0.15, -0.1) is 48.0 Å². The minimum Gasteiger partial charge on any atom is -0.486 e. The van der Waals surface area contributed by atoms with Crippen molar-refractivity contribution in [3.8, 4) is 39.5 Å². The van der Waals surface area contributed by atoms with Gasteiger partial charge in [-0.3, -0.25) is 9.37 Å². The van der Waals surface area contributed by atoms with Crippen LogP contribution < -0.4 is 5.19 Å². The maximum Gasteiger partial charge on any atom is 0.216 e. The van der Waals surface area contributed by atoms with E-state index in [1.165, 1.54) is 22.9 Å². The van der Waals surface area contributed by atoms with Crippen molar-refractivity contribution in [2.45, 2.75) is 59.2 Å². The molecule has 0 N–H and O–H groups in total. The molecule has 0 saturated carbocycles. The third kappa shape index (κ3) is 9.08. The van der Waals surface area contributed by atoms with Crippen LogP contribution in [0.2, 0.25) is 19.6 Å². The molecule has 0 spiro atoms. The van der Waals surface area contributed by atoms with Crippen LogP contribution in [-0.2, 0) is 31.9 Å². The number of rotatable bonds is 9. The largest absolute Gasteiger partial charge is 0.486 e. The molecular weight excluding hydrogens is 1010 g/mol. The van der Waals surface area contributed by atoms with E-state index in [9.17, 15) is 0 Å². The molecule has 333 valence electrons. The maximum atomic E-state index is 15.6. The van der Waals surface area contributed by atoms with E-state index in [4.69, 9.17) is 14.4 Å². The Morgan fingerprint density at radius 3 is 2.18 bits per heavy atom. The molecule has 0 aliphatic heterocycles. The molecule has 4 aromatic heterocycles. The monoisotopic (exact) mass is 1070 g/mol. The number of benzene rings is 6. The summed E-state index contributed by atoms with van der Waals surface area (Å²) in [6, 6.07) is 54.1. The summed E-state index contributed by atoms with van der Waals surface area (Å²) in [5, 5.41) is 2.38. The number of imidazole rings is 1. The van der Waals surface area contributed by atoms with Gasteiger partial charge in [0.15, 0.2) is 0 Å². The third-order valence-electron chi connectivity index (χ3n) is 12.0. The Hall–Kier alpha value is -6.38. The van der Waals surface area contributed by atoms with Crippen LogP contribution in [0, 0.1) is 29.7 Å². The molecule has 66 heavy (non-hydrogen) atoms. The quantitative estimate of drug-likeness (QED) is 0.107. The average molecular weight is 1070 g/mol. The Bertz CT molecular complexity index is 3310. The van der Waals surface area contributed by atoms with Crippen molar-refractivity contribution in [1.82, 2.24) is 19.5 Å². The Balaban J connectivity index is 0.000000238. The van der Waals surface area contributed by atoms with Crippen LogP contribution in [0.5, 0.6) is 0 Å². The van der Waals surface area contributed by atoms with E-state index in [1.807, 2.05) is 108 Å². The first-order valence-corrected chi connectivity index (χ1v) is 25.6. The number of hydrogen-bond acceptors (Lipinski definition) is 4. The zero-order valence-corrected chi connectivity index (χ0v) is 41.5. The molecule has 0 amide bonds. The van der Waals surface area contributed by atoms with E-state index in [0.717, 1.165) is 45.5 Å². The summed E-state index contributed by atoms with van der Waals surface area (Å²) >= 11 is 0. The molecule has 0 bridgehead atoms. The standard InChI is InChI=1S/C39H26F2N3O.C18H24NSi.Ir/c1-39(2,25-13-7-4-8-14-25)34-22-19-27-35-31(41)21-18-28(36(35)45-38(27)43-34)37-42-32-15-9-10-16-33(32)44(37)26-17-20-30(40)29(23-26)24-11-5-3-6-12-24;1-14(2)11-16-12-17(15-9-7-6-8-10-15)19-13-18(16)20(3,4)5;/h3-17,19-23H,1-2H3;6-9,12-14H,11H2,1-5H3;/q2*-1;. The Kier molecular flexibility index (Phi) is 13.2. The molecule has 4 heterocycles. The van der Waals surface area contributed by atoms with Crippen LogP contribution in [0.25, 0.3) is 72.6 Å². The third-order valence-corrected chi connectivity index (χ3v) is 14.1. The summed E-state index contributed by atoms with van der Waals surface area (Å²) in [7, 11) is -1.34. The fourth-order valence-corrected chi connectivity index (χ4v) is 10.2. The zero-order chi connectivity index (χ0) is 45.5. The van der Waals surface area contributed by atoms with Gasteiger partial charge in [0.1, 0.15) is 5.82 Å². The van der Waals surface area contributed by atoms with Crippen molar-refractivity contribution in [2.24, 2.45) is 5.92 Å². The number of furan rings is 1. The number of nitrogens with zero attached hydrogens (tertiary/aromatic N) is 4. The van der Waals surface area contributed by atoms with Gasteiger partial charge in [0.05, 0.1) is 36.2 Å². The second-order valence-electron chi connectivity index (χ2n) is 18.5. The Morgan fingerprint density at radius 2 is 1.47 bits per heavy atom. The molecule has 0 unspecified atom stereocenters. The summed E-state index contributed by atoms with van der Waals surface area (Å²) in [5.41, 5.74) is 9.68. The number of hydrogen-bond donors (Lipinski definition) is 0. The van der Waals surface area contributed by atoms with E-state index in [1.54, 1.807) is 12.1 Å². The van der Waals surface area contributed by atoms with E-state index in [2.05, 4.69) is 94.9 Å². The molecule has 0 aliphatic rings. The SMILES string of the molecule is CC(C)(c1ccccc1)c1ccc2c(n1)oc1c(-c3nc4ccccc4n3-c3ccc(F)c(-c4ccccc4)c3)[c-]cc(F)c12.CC(C)Cc1cc(-c2[c-]cccc2)ncc1[Si](C)(C)C.[Ir]. The van der Waals surface area contributed by atoms with Crippen LogP contribution in [0.1, 0.15) is 44.5 Å². The normalized spacial score (nSPS) is 11.8. The van der Waals surface area contributed by atoms with Gasteiger partial charge in [-0.05, 0) is 82.2 Å². The van der Waals surface area contributed by atoms with Crippen molar-refractivity contribution in [3.05, 3.63) is 198 Å². The minimum absolute atomic E-state index is 0. The summed E-state index contributed by atoms with van der Waals surface area (Å²) in [6.45, 7) is 15.9. The molecule has 5 nitrogen and oxygen atoms in total. The maximum absolute atomic E-state index is 15.6. The topological polar surface area (TPSA) is 56.7 Å². The van der Waals surface area contributed by atoms with Crippen LogP contribution in [0.4, 0.5) is 8.78 Å². The van der Waals surface area contributed by atoms with Gasteiger partial charge in [0, 0.05) is 54.2 Å². The molecule has 0 atom stereocenters. The summed E-state index contributed by atoms with van der Waals surface area (Å²) in [5.74, 6) is 0.375. The predicted octanol–water partition coefficient (Wildman–Crippen LogP) is 14.3. The van der Waals surface area contributed by atoms with E-state index in [-0.39, 0.29) is 25.9 Å². The first kappa shape index (κ1) is 46.2. The molecule has 6 aromatic carbocycles. The Morgan fingerprint density at radius 1 is 0.758 bits per heavy atom. The van der Waals surface area contributed by atoms with E-state index in [0.29, 0.717) is 50.6 Å². The van der Waals surface area contributed by atoms with Gasteiger partial charge in [-0.25, -0.2) is 9.37 Å². The molecule has 0 saturated heterocycles. The number of para-hydroxylation sites is 2. The average Bonchev–Trinajstić information content (AvgIpc) is 3.89. The molecule has 1 radical (unpaired) electrons. The predicted molar refractivity (Wildman–Crippen MR) is 264 cm³/mol. The van der Waals surface area contributed by atoms with Gasteiger partial charge in [-0.1, -0.05) is 137 Å². The molecule has 10 aromatic rings. The fraction of sp³-hybridized carbons (Fsp3) is 0.175. The Labute approximate surface area is 400 Å². The fourth-order valence-electron chi connectivity index (χ4n) is 8.61. The number of pyridine rings is 2. The molecule has 10 rings (SSSR count). The van der Waals surface area contributed by atoms with Gasteiger partial charge in [0.2, 0.25) is 5.71 Å². The van der Waals surface area contributed by atoms with Crippen molar-refractivity contribution < 1.29 is 33.3 Å². The number of halogens is 2. The molecular formula is C57H50F2IrN4OSi-2. The van der Waals surface area contributed by atoms with Crippen molar-refractivity contribution >= 4 is 46.4 Å². The van der Waals surface area contributed by atoms with Crippen LogP contribution in [0.15, 0.2) is 162 Å². The van der Waals surface area contributed by atoms with Gasteiger partial charge in [0.25, 0.3) is 0 Å². The summed E-state index contributed by atoms with van der Waals surface area (Å²) in [4.78, 5) is 14.6. The second-order valence-corrected chi connectivity index (χ2v) is 23.5. The van der Waals surface area contributed by atoms with Crippen molar-refractivity contribution in [3.63, 3.8) is 0 Å². The van der Waals surface area contributed by atoms with Gasteiger partial charge in [-0.2, -0.15) is 0 Å². The van der Waals surface area contributed by atoms with Gasteiger partial charge < -0.3 is 14.0 Å². The molecule has 0 aliphatic carbocycles. The van der Waals surface area contributed by atoms with Crippen molar-refractivity contribution in [1.29, 1.82) is 0 Å². The second kappa shape index (κ2) is 18.8. The molecule has 0 fully saturated rings. The first-order valence-electron chi connectivity index (χ1n) is 22.1. The smallest absolute Gasteiger partial charge is 0.216 e. The van der Waals surface area contributed by atoms with Crippen LogP contribution in [-0.4, -0.2) is 27.6 Å². The minimum atomic E-state index is -1.34. The summed E-state index contributed by atoms with van der Waals surface area (Å²) in [6.07, 6.45) is 3.24. The first-order chi connectivity index (χ1) is 31.3. The van der Waals surface area contributed by atoms with Crippen LogP contribution in [0.3, 0.4) is 0 Å². The molecule has 9 heteroatoms. The summed E-state index contributed by atoms with van der Waals surface area (Å²) < 4.78 is 39.0. The van der Waals surface area contributed by atoms with Gasteiger partial charge >= 0.3 is 0 Å². The van der Waals surface area contributed by atoms with E-state index < -0.39 is 19.3 Å². The number of fused-ring (bicyclic) bond motifs is 4. The van der Waals surface area contributed by atoms with Crippen LogP contribution >= 0.6 is 0 Å². The van der Waals surface area contributed by atoms with Crippen molar-refractivity contribution in [2.75, 3.05) is 0 Å². The van der Waals surface area contributed by atoms with E-state index >= 15 is 8.78 Å². The number of aromatic nitrogens is 4. The zero-order valence-electron chi connectivity index (χ0n) is 38.1.